The van der Waals surface area contributed by atoms with E-state index in [2.05, 4.69) is 10.4 Å². The number of aromatic nitrogens is 2. The van der Waals surface area contributed by atoms with Gasteiger partial charge in [-0.2, -0.15) is 5.10 Å². The maximum absolute atomic E-state index is 12.7. The summed E-state index contributed by atoms with van der Waals surface area (Å²) in [5.41, 5.74) is 0.685. The van der Waals surface area contributed by atoms with E-state index in [1.165, 1.54) is 35.1 Å². The summed E-state index contributed by atoms with van der Waals surface area (Å²) in [6.07, 6.45) is 1.40. The van der Waals surface area contributed by atoms with Crippen LogP contribution in [-0.4, -0.2) is 57.7 Å². The molecule has 0 aliphatic carbocycles. The van der Waals surface area contributed by atoms with Crippen LogP contribution in [-0.2, 0) is 11.8 Å². The van der Waals surface area contributed by atoms with Gasteiger partial charge in [-0.25, -0.2) is 0 Å². The standard InChI is InChI=1S/C16H17N5O5/c1-19-14(16(23)20-6-8-26-9-7-20)13(10-17-19)18-15(22)11-2-4-12(5-3-11)21(24)25/h2-5,10H,6-9H2,1H3,(H,18,22). The maximum atomic E-state index is 12.7. The van der Waals surface area contributed by atoms with Crippen LogP contribution in [0.4, 0.5) is 11.4 Å². The van der Waals surface area contributed by atoms with Crippen LogP contribution in [0.15, 0.2) is 30.5 Å². The highest BCUT2D eigenvalue weighted by Crippen LogP contribution is 2.19. The van der Waals surface area contributed by atoms with E-state index in [0.717, 1.165) is 0 Å². The molecule has 1 aromatic heterocycles. The summed E-state index contributed by atoms with van der Waals surface area (Å²) in [7, 11) is 1.62. The van der Waals surface area contributed by atoms with Gasteiger partial charge in [0.1, 0.15) is 5.69 Å². The van der Waals surface area contributed by atoms with Crippen LogP contribution >= 0.6 is 0 Å². The Hall–Kier alpha value is -3.27. The van der Waals surface area contributed by atoms with Gasteiger partial charge in [-0.3, -0.25) is 24.4 Å². The quantitative estimate of drug-likeness (QED) is 0.644. The molecule has 1 saturated heterocycles. The number of nitro benzene ring substituents is 1. The van der Waals surface area contributed by atoms with Gasteiger partial charge in [-0.05, 0) is 12.1 Å². The third kappa shape index (κ3) is 3.54. The molecular formula is C16H17N5O5. The summed E-state index contributed by atoms with van der Waals surface area (Å²) in [5, 5.41) is 17.4. The number of anilines is 1. The molecule has 0 saturated carbocycles. The number of rotatable bonds is 4. The van der Waals surface area contributed by atoms with E-state index < -0.39 is 10.8 Å². The Morgan fingerprint density at radius 1 is 1.23 bits per heavy atom. The van der Waals surface area contributed by atoms with Crippen LogP contribution in [0.1, 0.15) is 20.8 Å². The zero-order chi connectivity index (χ0) is 18.7. The summed E-state index contributed by atoms with van der Waals surface area (Å²) in [4.78, 5) is 36.9. The average Bonchev–Trinajstić information content (AvgIpc) is 3.02. The fraction of sp³-hybridized carbons (Fsp3) is 0.312. The molecule has 10 nitrogen and oxygen atoms in total. The summed E-state index contributed by atoms with van der Waals surface area (Å²) < 4.78 is 6.65. The number of amides is 2. The zero-order valence-electron chi connectivity index (χ0n) is 14.0. The minimum Gasteiger partial charge on any atom is -0.378 e. The fourth-order valence-electron chi connectivity index (χ4n) is 2.63. The van der Waals surface area contributed by atoms with Crippen molar-refractivity contribution in [2.45, 2.75) is 0 Å². The van der Waals surface area contributed by atoms with E-state index in [9.17, 15) is 19.7 Å². The van der Waals surface area contributed by atoms with Crippen LogP contribution in [0, 0.1) is 10.1 Å². The third-order valence-electron chi connectivity index (χ3n) is 4.03. The molecule has 10 heteroatoms. The molecule has 1 aromatic carbocycles. The molecular weight excluding hydrogens is 342 g/mol. The average molecular weight is 359 g/mol. The van der Waals surface area contributed by atoms with Gasteiger partial charge < -0.3 is 15.0 Å². The normalized spacial score (nSPS) is 14.1. The number of carbonyl (C=O) groups excluding carboxylic acids is 2. The van der Waals surface area contributed by atoms with Gasteiger partial charge in [0, 0.05) is 37.8 Å². The molecule has 1 aliphatic rings. The van der Waals surface area contributed by atoms with Crippen molar-refractivity contribution in [3.05, 3.63) is 51.8 Å². The van der Waals surface area contributed by atoms with E-state index in [4.69, 9.17) is 4.74 Å². The number of aryl methyl sites for hydroxylation is 1. The maximum Gasteiger partial charge on any atom is 0.274 e. The number of hydrogen-bond donors (Lipinski definition) is 1. The molecule has 1 fully saturated rings. The molecule has 136 valence electrons. The first-order valence-corrected chi connectivity index (χ1v) is 7.92. The lowest BCUT2D eigenvalue weighted by Gasteiger charge is -2.27. The first-order valence-electron chi connectivity index (χ1n) is 7.92. The molecule has 2 aromatic rings. The predicted octanol–water partition coefficient (Wildman–Crippen LogP) is 1.05. The Balaban J connectivity index is 1.78. The Morgan fingerprint density at radius 2 is 1.88 bits per heavy atom. The highest BCUT2D eigenvalue weighted by atomic mass is 16.6. The molecule has 26 heavy (non-hydrogen) atoms. The molecule has 3 rings (SSSR count). The van der Waals surface area contributed by atoms with Gasteiger partial charge in [-0.1, -0.05) is 0 Å². The second kappa shape index (κ2) is 7.31. The van der Waals surface area contributed by atoms with Crippen LogP contribution in [0.2, 0.25) is 0 Å². The molecule has 1 N–H and O–H groups in total. The number of carbonyl (C=O) groups is 2. The number of nitrogens with zero attached hydrogens (tertiary/aromatic N) is 4. The monoisotopic (exact) mass is 359 g/mol. The van der Waals surface area contributed by atoms with Crippen molar-refractivity contribution in [1.82, 2.24) is 14.7 Å². The predicted molar refractivity (Wildman–Crippen MR) is 91.0 cm³/mol. The smallest absolute Gasteiger partial charge is 0.274 e. The molecule has 1 aliphatic heterocycles. The van der Waals surface area contributed by atoms with E-state index in [-0.39, 0.29) is 28.5 Å². The number of morpholine rings is 1. The van der Waals surface area contributed by atoms with Crippen LogP contribution < -0.4 is 5.32 Å². The third-order valence-corrected chi connectivity index (χ3v) is 4.03. The van der Waals surface area contributed by atoms with E-state index in [0.29, 0.717) is 26.3 Å². The molecule has 0 spiro atoms. The summed E-state index contributed by atoms with van der Waals surface area (Å²) >= 11 is 0. The zero-order valence-corrected chi connectivity index (χ0v) is 14.0. The van der Waals surface area contributed by atoms with Gasteiger partial charge in [0.2, 0.25) is 0 Å². The first kappa shape index (κ1) is 17.5. The van der Waals surface area contributed by atoms with Crippen LogP contribution in [0.3, 0.4) is 0 Å². The van der Waals surface area contributed by atoms with Gasteiger partial charge in [0.05, 0.1) is 30.0 Å². The molecule has 0 bridgehead atoms. The minimum absolute atomic E-state index is 0.105. The van der Waals surface area contributed by atoms with Crippen molar-refractivity contribution in [1.29, 1.82) is 0 Å². The Morgan fingerprint density at radius 3 is 2.50 bits per heavy atom. The molecule has 0 radical (unpaired) electrons. The number of non-ortho nitro benzene ring substituents is 1. The summed E-state index contributed by atoms with van der Waals surface area (Å²) in [6.45, 7) is 1.88. The van der Waals surface area contributed by atoms with E-state index >= 15 is 0 Å². The minimum atomic E-state index is -0.540. The number of ether oxygens (including phenoxy) is 1. The highest BCUT2D eigenvalue weighted by Gasteiger charge is 2.25. The van der Waals surface area contributed by atoms with E-state index in [1.807, 2.05) is 0 Å². The number of nitrogens with one attached hydrogen (secondary N) is 1. The molecule has 2 amide bonds. The topological polar surface area (TPSA) is 120 Å². The largest absolute Gasteiger partial charge is 0.378 e. The van der Waals surface area contributed by atoms with Gasteiger partial charge >= 0.3 is 0 Å². The van der Waals surface area contributed by atoms with Crippen molar-refractivity contribution in [2.24, 2.45) is 7.05 Å². The molecule has 2 heterocycles. The second-order valence-electron chi connectivity index (χ2n) is 5.69. The van der Waals surface area contributed by atoms with Crippen molar-refractivity contribution < 1.29 is 19.2 Å². The number of nitro groups is 1. The lowest BCUT2D eigenvalue weighted by molar-refractivity contribution is -0.384. The van der Waals surface area contributed by atoms with Crippen molar-refractivity contribution >= 4 is 23.2 Å². The van der Waals surface area contributed by atoms with E-state index in [1.54, 1.807) is 11.9 Å². The van der Waals surface area contributed by atoms with Crippen molar-refractivity contribution in [3.8, 4) is 0 Å². The summed E-state index contributed by atoms with van der Waals surface area (Å²) in [6, 6.07) is 5.20. The lowest BCUT2D eigenvalue weighted by atomic mass is 10.2. The van der Waals surface area contributed by atoms with Crippen molar-refractivity contribution in [2.75, 3.05) is 31.6 Å². The van der Waals surface area contributed by atoms with Crippen LogP contribution in [0.25, 0.3) is 0 Å². The second-order valence-corrected chi connectivity index (χ2v) is 5.69. The number of hydrogen-bond acceptors (Lipinski definition) is 6. The SMILES string of the molecule is Cn1ncc(NC(=O)c2ccc([N+](=O)[O-])cc2)c1C(=O)N1CCOCC1. The highest BCUT2D eigenvalue weighted by molar-refractivity contribution is 6.08. The van der Waals surface area contributed by atoms with Gasteiger partial charge in [0.25, 0.3) is 17.5 Å². The first-order chi connectivity index (χ1) is 12.5. The molecule has 0 atom stereocenters. The lowest BCUT2D eigenvalue weighted by Crippen LogP contribution is -2.41. The van der Waals surface area contributed by atoms with Crippen molar-refractivity contribution in [3.63, 3.8) is 0 Å². The van der Waals surface area contributed by atoms with Gasteiger partial charge in [-0.15, -0.1) is 0 Å². The fourth-order valence-corrected chi connectivity index (χ4v) is 2.63. The number of benzene rings is 1. The Bertz CT molecular complexity index is 839. The Kier molecular flexibility index (Phi) is 4.94. The van der Waals surface area contributed by atoms with Gasteiger partial charge in [0.15, 0.2) is 0 Å². The summed E-state index contributed by atoms with van der Waals surface area (Å²) in [5.74, 6) is -0.726. The van der Waals surface area contributed by atoms with Crippen LogP contribution in [0.5, 0.6) is 0 Å². The Labute approximate surface area is 148 Å². The molecule has 0 unspecified atom stereocenters.